The Kier molecular flexibility index (Phi) is 7.00. The Morgan fingerprint density at radius 3 is 2.38 bits per heavy atom. The van der Waals surface area contributed by atoms with E-state index in [1.807, 2.05) is 48.5 Å². The maximum absolute atomic E-state index is 11.2. The molecule has 3 aromatic rings. The van der Waals surface area contributed by atoms with Crippen LogP contribution in [0.3, 0.4) is 0 Å². The summed E-state index contributed by atoms with van der Waals surface area (Å²) < 4.78 is 0. The zero-order chi connectivity index (χ0) is 20.6. The first kappa shape index (κ1) is 20.6. The van der Waals surface area contributed by atoms with Crippen LogP contribution in [0.25, 0.3) is 11.1 Å². The average Bonchev–Trinajstić information content (AvgIpc) is 2.77. The SMILES string of the molecule is CNc1cc(C(=O)O)ccc1-c1ccc(CCNC[C@H](O)c2ccccc2)cc1. The van der Waals surface area contributed by atoms with Gasteiger partial charge in [0.15, 0.2) is 0 Å². The summed E-state index contributed by atoms with van der Waals surface area (Å²) in [5.74, 6) is -0.937. The third-order valence-corrected chi connectivity index (χ3v) is 4.91. The zero-order valence-electron chi connectivity index (χ0n) is 16.4. The number of aromatic carboxylic acids is 1. The number of aliphatic hydroxyl groups excluding tert-OH is 1. The predicted molar refractivity (Wildman–Crippen MR) is 116 cm³/mol. The maximum atomic E-state index is 11.2. The van der Waals surface area contributed by atoms with E-state index in [-0.39, 0.29) is 5.56 Å². The molecular formula is C24H26N2O3. The number of anilines is 1. The van der Waals surface area contributed by atoms with Crippen LogP contribution in [0.5, 0.6) is 0 Å². The van der Waals surface area contributed by atoms with E-state index in [0.29, 0.717) is 6.54 Å². The van der Waals surface area contributed by atoms with E-state index in [0.717, 1.165) is 35.3 Å². The van der Waals surface area contributed by atoms with Crippen LogP contribution in [-0.2, 0) is 6.42 Å². The lowest BCUT2D eigenvalue weighted by atomic mass is 9.99. The number of rotatable bonds is 9. The smallest absolute Gasteiger partial charge is 0.335 e. The maximum Gasteiger partial charge on any atom is 0.335 e. The Balaban J connectivity index is 1.56. The molecule has 29 heavy (non-hydrogen) atoms. The molecule has 5 heteroatoms. The standard InChI is InChI=1S/C24H26N2O3/c1-25-22-15-20(24(28)29)11-12-21(22)18-9-7-17(8-10-18)13-14-26-16-23(27)19-5-3-2-4-6-19/h2-12,15,23,25-27H,13-14,16H2,1H3,(H,28,29)/t23-/m0/s1. The molecule has 0 saturated carbocycles. The van der Waals surface area contributed by atoms with Gasteiger partial charge in [-0.05, 0) is 41.8 Å². The van der Waals surface area contributed by atoms with Crippen LogP contribution in [-0.4, -0.2) is 36.3 Å². The number of nitrogens with one attached hydrogen (secondary N) is 2. The van der Waals surface area contributed by atoms with Crippen molar-refractivity contribution in [2.75, 3.05) is 25.5 Å². The lowest BCUT2D eigenvalue weighted by Gasteiger charge is -2.13. The molecule has 5 nitrogen and oxygen atoms in total. The molecular weight excluding hydrogens is 364 g/mol. The molecule has 0 aliphatic carbocycles. The Morgan fingerprint density at radius 2 is 1.72 bits per heavy atom. The number of carbonyl (C=O) groups is 1. The normalized spacial score (nSPS) is 11.8. The largest absolute Gasteiger partial charge is 0.478 e. The van der Waals surface area contributed by atoms with Crippen molar-refractivity contribution in [3.05, 3.63) is 89.5 Å². The summed E-state index contributed by atoms with van der Waals surface area (Å²) in [6, 6.07) is 23.0. The van der Waals surface area contributed by atoms with Crippen molar-refractivity contribution in [3.63, 3.8) is 0 Å². The van der Waals surface area contributed by atoms with Gasteiger partial charge >= 0.3 is 5.97 Å². The number of benzene rings is 3. The van der Waals surface area contributed by atoms with Crippen LogP contribution >= 0.6 is 0 Å². The van der Waals surface area contributed by atoms with Crippen molar-refractivity contribution in [2.45, 2.75) is 12.5 Å². The van der Waals surface area contributed by atoms with Gasteiger partial charge in [0.25, 0.3) is 0 Å². The monoisotopic (exact) mass is 390 g/mol. The minimum atomic E-state index is -0.937. The second kappa shape index (κ2) is 9.87. The Bertz CT molecular complexity index is 940. The quantitative estimate of drug-likeness (QED) is 0.416. The van der Waals surface area contributed by atoms with Gasteiger partial charge in [-0.25, -0.2) is 4.79 Å². The Morgan fingerprint density at radius 1 is 1.00 bits per heavy atom. The van der Waals surface area contributed by atoms with Crippen molar-refractivity contribution in [2.24, 2.45) is 0 Å². The van der Waals surface area contributed by atoms with E-state index in [4.69, 9.17) is 5.11 Å². The lowest BCUT2D eigenvalue weighted by molar-refractivity contribution is 0.0697. The molecule has 3 aromatic carbocycles. The van der Waals surface area contributed by atoms with Crippen molar-refractivity contribution in [1.29, 1.82) is 0 Å². The molecule has 0 radical (unpaired) electrons. The van der Waals surface area contributed by atoms with Crippen molar-refractivity contribution in [1.82, 2.24) is 5.32 Å². The average molecular weight is 390 g/mol. The van der Waals surface area contributed by atoms with Crippen molar-refractivity contribution in [3.8, 4) is 11.1 Å². The number of carboxylic acid groups (broad SMARTS) is 1. The van der Waals surface area contributed by atoms with E-state index < -0.39 is 12.1 Å². The van der Waals surface area contributed by atoms with Crippen LogP contribution in [0.4, 0.5) is 5.69 Å². The number of hydrogen-bond acceptors (Lipinski definition) is 4. The molecule has 3 rings (SSSR count). The fraction of sp³-hybridized carbons (Fsp3) is 0.208. The summed E-state index contributed by atoms with van der Waals surface area (Å²) in [5, 5.41) is 25.7. The summed E-state index contributed by atoms with van der Waals surface area (Å²) >= 11 is 0. The van der Waals surface area contributed by atoms with Crippen molar-refractivity contribution >= 4 is 11.7 Å². The van der Waals surface area contributed by atoms with Gasteiger partial charge in [0.05, 0.1) is 11.7 Å². The van der Waals surface area contributed by atoms with Gasteiger partial charge in [0, 0.05) is 24.8 Å². The first-order valence-corrected chi connectivity index (χ1v) is 9.66. The first-order valence-electron chi connectivity index (χ1n) is 9.66. The van der Waals surface area contributed by atoms with Gasteiger partial charge in [0.1, 0.15) is 0 Å². The van der Waals surface area contributed by atoms with E-state index in [1.54, 1.807) is 19.2 Å². The highest BCUT2D eigenvalue weighted by Crippen LogP contribution is 2.29. The predicted octanol–water partition coefficient (Wildman–Crippen LogP) is 3.96. The van der Waals surface area contributed by atoms with E-state index in [2.05, 4.69) is 22.8 Å². The minimum absolute atomic E-state index is 0.262. The number of aliphatic hydroxyl groups is 1. The molecule has 0 amide bonds. The summed E-state index contributed by atoms with van der Waals surface area (Å²) in [6.07, 6.45) is 0.353. The van der Waals surface area contributed by atoms with Crippen LogP contribution < -0.4 is 10.6 Å². The summed E-state index contributed by atoms with van der Waals surface area (Å²) in [7, 11) is 1.79. The molecule has 0 aliphatic heterocycles. The highest BCUT2D eigenvalue weighted by molar-refractivity contribution is 5.91. The van der Waals surface area contributed by atoms with Crippen LogP contribution in [0.1, 0.15) is 27.6 Å². The lowest BCUT2D eigenvalue weighted by Crippen LogP contribution is -2.23. The fourth-order valence-electron chi connectivity index (χ4n) is 3.25. The topological polar surface area (TPSA) is 81.6 Å². The molecule has 0 unspecified atom stereocenters. The summed E-state index contributed by atoms with van der Waals surface area (Å²) in [4.78, 5) is 11.2. The number of hydrogen-bond donors (Lipinski definition) is 4. The molecule has 1 atom stereocenters. The third kappa shape index (κ3) is 5.44. The molecule has 0 saturated heterocycles. The van der Waals surface area contributed by atoms with E-state index >= 15 is 0 Å². The van der Waals surface area contributed by atoms with E-state index in [9.17, 15) is 9.90 Å². The fourth-order valence-corrected chi connectivity index (χ4v) is 3.25. The first-order chi connectivity index (χ1) is 14.1. The zero-order valence-corrected chi connectivity index (χ0v) is 16.4. The molecule has 0 fully saturated rings. The van der Waals surface area contributed by atoms with Crippen LogP contribution in [0.2, 0.25) is 0 Å². The van der Waals surface area contributed by atoms with Gasteiger partial charge in [-0.3, -0.25) is 0 Å². The highest BCUT2D eigenvalue weighted by atomic mass is 16.4. The van der Waals surface area contributed by atoms with Gasteiger partial charge in [-0.1, -0.05) is 60.7 Å². The molecule has 0 heterocycles. The van der Waals surface area contributed by atoms with Gasteiger partial charge < -0.3 is 20.8 Å². The van der Waals surface area contributed by atoms with Crippen LogP contribution in [0, 0.1) is 0 Å². The van der Waals surface area contributed by atoms with Gasteiger partial charge in [-0.2, -0.15) is 0 Å². The molecule has 0 aliphatic rings. The van der Waals surface area contributed by atoms with Gasteiger partial charge in [-0.15, -0.1) is 0 Å². The number of carboxylic acids is 1. The van der Waals surface area contributed by atoms with Gasteiger partial charge in [0.2, 0.25) is 0 Å². The van der Waals surface area contributed by atoms with E-state index in [1.165, 1.54) is 5.56 Å². The second-order valence-corrected chi connectivity index (χ2v) is 6.89. The summed E-state index contributed by atoms with van der Waals surface area (Å²) in [6.45, 7) is 1.29. The molecule has 0 bridgehead atoms. The third-order valence-electron chi connectivity index (χ3n) is 4.91. The minimum Gasteiger partial charge on any atom is -0.478 e. The Hall–Kier alpha value is -3.15. The molecule has 4 N–H and O–H groups in total. The van der Waals surface area contributed by atoms with Crippen LogP contribution in [0.15, 0.2) is 72.8 Å². The Labute approximate surface area is 171 Å². The van der Waals surface area contributed by atoms with Crippen molar-refractivity contribution < 1.29 is 15.0 Å². The highest BCUT2D eigenvalue weighted by Gasteiger charge is 2.09. The summed E-state index contributed by atoms with van der Waals surface area (Å²) in [5.41, 5.74) is 5.16. The molecule has 150 valence electrons. The molecule has 0 spiro atoms. The second-order valence-electron chi connectivity index (χ2n) is 6.89. The molecule has 0 aromatic heterocycles.